The third-order valence-electron chi connectivity index (χ3n) is 2.55. The van der Waals surface area contributed by atoms with Crippen molar-refractivity contribution in [2.75, 3.05) is 13.7 Å². The molecule has 0 saturated heterocycles. The predicted molar refractivity (Wildman–Crippen MR) is 67.1 cm³/mol. The molecular formula is C12H14N4O3. The standard InChI is InChI=1S/C12H14N4O3/c1-19-10-3-2-8(6-9(10)17)12(18)13-5-4-11-14-7-15-16-11/h2-3,6-7,17H,4-5H2,1H3,(H,13,18)(H,14,15,16). The van der Waals surface area contributed by atoms with Crippen LogP contribution in [-0.4, -0.2) is 39.8 Å². The summed E-state index contributed by atoms with van der Waals surface area (Å²) in [5.74, 6) is 0.707. The zero-order chi connectivity index (χ0) is 13.7. The second-order valence-corrected chi connectivity index (χ2v) is 3.82. The van der Waals surface area contributed by atoms with Crippen LogP contribution in [0.15, 0.2) is 24.5 Å². The van der Waals surface area contributed by atoms with Crippen molar-refractivity contribution in [2.45, 2.75) is 6.42 Å². The molecule has 1 aromatic carbocycles. The van der Waals surface area contributed by atoms with E-state index in [1.165, 1.54) is 19.5 Å². The van der Waals surface area contributed by atoms with Gasteiger partial charge in [-0.3, -0.25) is 9.89 Å². The number of nitrogens with zero attached hydrogens (tertiary/aromatic N) is 2. The molecule has 0 aliphatic heterocycles. The van der Waals surface area contributed by atoms with Gasteiger partial charge in [0.15, 0.2) is 11.5 Å². The van der Waals surface area contributed by atoms with Gasteiger partial charge in [0.25, 0.3) is 5.91 Å². The van der Waals surface area contributed by atoms with E-state index >= 15 is 0 Å². The summed E-state index contributed by atoms with van der Waals surface area (Å²) in [7, 11) is 1.45. The summed E-state index contributed by atoms with van der Waals surface area (Å²) < 4.78 is 4.91. The monoisotopic (exact) mass is 262 g/mol. The lowest BCUT2D eigenvalue weighted by Gasteiger charge is -2.07. The van der Waals surface area contributed by atoms with Crippen molar-refractivity contribution in [2.24, 2.45) is 0 Å². The average Bonchev–Trinajstić information content (AvgIpc) is 2.91. The maximum absolute atomic E-state index is 11.8. The Morgan fingerprint density at radius 1 is 1.53 bits per heavy atom. The van der Waals surface area contributed by atoms with Gasteiger partial charge in [0.05, 0.1) is 7.11 Å². The molecule has 1 amide bonds. The van der Waals surface area contributed by atoms with E-state index in [0.717, 1.165) is 0 Å². The fourth-order valence-corrected chi connectivity index (χ4v) is 1.58. The van der Waals surface area contributed by atoms with Crippen LogP contribution >= 0.6 is 0 Å². The lowest BCUT2D eigenvalue weighted by atomic mass is 10.2. The molecule has 7 heteroatoms. The molecule has 1 heterocycles. The third-order valence-corrected chi connectivity index (χ3v) is 2.55. The van der Waals surface area contributed by atoms with Crippen LogP contribution in [0.3, 0.4) is 0 Å². The van der Waals surface area contributed by atoms with Gasteiger partial charge >= 0.3 is 0 Å². The summed E-state index contributed by atoms with van der Waals surface area (Å²) in [6.07, 6.45) is 1.98. The molecule has 100 valence electrons. The fraction of sp³-hybridized carbons (Fsp3) is 0.250. The number of methoxy groups -OCH3 is 1. The summed E-state index contributed by atoms with van der Waals surface area (Å²) in [5, 5.41) is 18.7. The van der Waals surface area contributed by atoms with Crippen LogP contribution in [0.2, 0.25) is 0 Å². The molecule has 1 aromatic heterocycles. The van der Waals surface area contributed by atoms with Crippen molar-refractivity contribution in [3.63, 3.8) is 0 Å². The van der Waals surface area contributed by atoms with Crippen molar-refractivity contribution >= 4 is 5.91 Å². The van der Waals surface area contributed by atoms with Gasteiger partial charge in [0.2, 0.25) is 0 Å². The number of hydrogen-bond donors (Lipinski definition) is 3. The van der Waals surface area contributed by atoms with Crippen LogP contribution < -0.4 is 10.1 Å². The molecule has 0 bridgehead atoms. The molecule has 0 radical (unpaired) electrons. The Morgan fingerprint density at radius 3 is 3.00 bits per heavy atom. The molecule has 0 aliphatic carbocycles. The van der Waals surface area contributed by atoms with Gasteiger partial charge in [-0.05, 0) is 18.2 Å². The van der Waals surface area contributed by atoms with Crippen molar-refractivity contribution in [1.29, 1.82) is 0 Å². The molecule has 3 N–H and O–H groups in total. The first kappa shape index (κ1) is 12.9. The summed E-state index contributed by atoms with van der Waals surface area (Å²) >= 11 is 0. The first-order valence-electron chi connectivity index (χ1n) is 5.70. The molecule has 0 atom stereocenters. The zero-order valence-corrected chi connectivity index (χ0v) is 10.4. The molecule has 0 spiro atoms. The van der Waals surface area contributed by atoms with E-state index in [4.69, 9.17) is 4.74 Å². The number of nitrogens with one attached hydrogen (secondary N) is 2. The highest BCUT2D eigenvalue weighted by Gasteiger charge is 2.09. The zero-order valence-electron chi connectivity index (χ0n) is 10.4. The lowest BCUT2D eigenvalue weighted by Crippen LogP contribution is -2.25. The summed E-state index contributed by atoms with van der Waals surface area (Å²) in [4.78, 5) is 15.8. The normalized spacial score (nSPS) is 10.2. The van der Waals surface area contributed by atoms with Gasteiger partial charge in [0, 0.05) is 18.5 Å². The van der Waals surface area contributed by atoms with Crippen LogP contribution in [0.1, 0.15) is 16.2 Å². The van der Waals surface area contributed by atoms with E-state index in [1.54, 1.807) is 12.1 Å². The number of aromatic hydroxyl groups is 1. The van der Waals surface area contributed by atoms with E-state index < -0.39 is 0 Å². The van der Waals surface area contributed by atoms with Crippen LogP contribution in [0.4, 0.5) is 0 Å². The smallest absolute Gasteiger partial charge is 0.251 e. The number of hydrogen-bond acceptors (Lipinski definition) is 5. The highest BCUT2D eigenvalue weighted by atomic mass is 16.5. The number of benzene rings is 1. The third kappa shape index (κ3) is 3.21. The number of carbonyl (C=O) groups excluding carboxylic acids is 1. The molecule has 19 heavy (non-hydrogen) atoms. The Labute approximate surface area is 109 Å². The number of aromatic amines is 1. The van der Waals surface area contributed by atoms with Crippen molar-refractivity contribution < 1.29 is 14.6 Å². The van der Waals surface area contributed by atoms with Gasteiger partial charge < -0.3 is 15.2 Å². The van der Waals surface area contributed by atoms with E-state index in [9.17, 15) is 9.90 Å². The fourth-order valence-electron chi connectivity index (χ4n) is 1.58. The van der Waals surface area contributed by atoms with Crippen LogP contribution in [0.25, 0.3) is 0 Å². The van der Waals surface area contributed by atoms with Gasteiger partial charge in [0.1, 0.15) is 12.2 Å². The van der Waals surface area contributed by atoms with Gasteiger partial charge in [-0.2, -0.15) is 5.10 Å². The molecule has 0 saturated carbocycles. The van der Waals surface area contributed by atoms with E-state index in [2.05, 4.69) is 20.5 Å². The number of phenolic OH excluding ortho intramolecular Hbond substituents is 1. The van der Waals surface area contributed by atoms with Gasteiger partial charge in [-0.1, -0.05) is 0 Å². The molecular weight excluding hydrogens is 248 g/mol. The minimum atomic E-state index is -0.266. The van der Waals surface area contributed by atoms with E-state index in [1.807, 2.05) is 0 Å². The van der Waals surface area contributed by atoms with E-state index in [-0.39, 0.29) is 11.7 Å². The first-order valence-corrected chi connectivity index (χ1v) is 5.70. The molecule has 7 nitrogen and oxygen atoms in total. The Balaban J connectivity index is 1.91. The van der Waals surface area contributed by atoms with Crippen molar-refractivity contribution in [1.82, 2.24) is 20.5 Å². The van der Waals surface area contributed by atoms with Gasteiger partial charge in [-0.25, -0.2) is 4.98 Å². The number of rotatable bonds is 5. The Hall–Kier alpha value is -2.57. The number of aromatic nitrogens is 3. The quantitative estimate of drug-likeness (QED) is 0.728. The first-order chi connectivity index (χ1) is 9.20. The molecule has 0 aliphatic rings. The number of amides is 1. The van der Waals surface area contributed by atoms with Crippen LogP contribution in [0.5, 0.6) is 11.5 Å². The number of ether oxygens (including phenoxy) is 1. The molecule has 0 fully saturated rings. The second-order valence-electron chi connectivity index (χ2n) is 3.82. The van der Waals surface area contributed by atoms with Crippen LogP contribution in [0, 0.1) is 0 Å². The Kier molecular flexibility index (Phi) is 3.97. The van der Waals surface area contributed by atoms with Crippen LogP contribution in [-0.2, 0) is 6.42 Å². The summed E-state index contributed by atoms with van der Waals surface area (Å²) in [6.45, 7) is 0.431. The van der Waals surface area contributed by atoms with E-state index in [0.29, 0.717) is 30.1 Å². The van der Waals surface area contributed by atoms with Crippen molar-refractivity contribution in [3.8, 4) is 11.5 Å². The minimum Gasteiger partial charge on any atom is -0.504 e. The summed E-state index contributed by atoms with van der Waals surface area (Å²) in [6, 6.07) is 4.49. The van der Waals surface area contributed by atoms with Crippen molar-refractivity contribution in [3.05, 3.63) is 35.9 Å². The lowest BCUT2D eigenvalue weighted by molar-refractivity contribution is 0.0953. The highest BCUT2D eigenvalue weighted by Crippen LogP contribution is 2.25. The number of H-pyrrole nitrogens is 1. The Morgan fingerprint density at radius 2 is 2.37 bits per heavy atom. The number of phenols is 1. The SMILES string of the molecule is COc1ccc(C(=O)NCCc2ncn[nH]2)cc1O. The second kappa shape index (κ2) is 5.85. The van der Waals surface area contributed by atoms with Gasteiger partial charge in [-0.15, -0.1) is 0 Å². The largest absolute Gasteiger partial charge is 0.504 e. The topological polar surface area (TPSA) is 100 Å². The maximum atomic E-state index is 11.8. The number of carbonyl (C=O) groups is 1. The maximum Gasteiger partial charge on any atom is 0.251 e. The molecule has 2 rings (SSSR count). The molecule has 2 aromatic rings. The molecule has 0 unspecified atom stereocenters. The Bertz CT molecular complexity index is 554. The average molecular weight is 262 g/mol. The predicted octanol–water partition coefficient (Wildman–Crippen LogP) is 0.491. The highest BCUT2D eigenvalue weighted by molar-refractivity contribution is 5.94. The summed E-state index contributed by atoms with van der Waals surface area (Å²) in [5.41, 5.74) is 0.371. The minimum absolute atomic E-state index is 0.0645.